The Morgan fingerprint density at radius 1 is 1.29 bits per heavy atom. The number of nitrogens with two attached hydrogens (primary N) is 1. The summed E-state index contributed by atoms with van der Waals surface area (Å²) in [5.41, 5.74) is 7.82. The number of sulfonamides is 1. The van der Waals surface area contributed by atoms with Crippen molar-refractivity contribution in [1.82, 2.24) is 4.31 Å². The number of hydrogen-bond donors (Lipinski definition) is 1. The lowest BCUT2D eigenvalue weighted by Gasteiger charge is -2.29. The second kappa shape index (κ2) is 7.24. The van der Waals surface area contributed by atoms with Gasteiger partial charge in [-0.3, -0.25) is 0 Å². The summed E-state index contributed by atoms with van der Waals surface area (Å²) in [5.74, 6) is 0. The quantitative estimate of drug-likeness (QED) is 0.784. The first kappa shape index (κ1) is 17.9. The molecule has 0 heterocycles. The second-order valence-corrected chi connectivity index (χ2v) is 7.14. The summed E-state index contributed by atoms with van der Waals surface area (Å²) in [5, 5.41) is 0. The predicted octanol–water partition coefficient (Wildman–Crippen LogP) is 2.32. The van der Waals surface area contributed by atoms with Crippen molar-refractivity contribution in [3.8, 4) is 0 Å². The summed E-state index contributed by atoms with van der Waals surface area (Å²) >= 11 is 0. The number of methoxy groups -OCH3 is 1. The van der Waals surface area contributed by atoms with E-state index in [1.165, 1.54) is 4.31 Å². The third-order valence-corrected chi connectivity index (χ3v) is 5.99. The van der Waals surface area contributed by atoms with Gasteiger partial charge in [0, 0.05) is 19.7 Å². The average molecular weight is 314 g/mol. The zero-order chi connectivity index (χ0) is 16.2. The van der Waals surface area contributed by atoms with E-state index in [1.807, 2.05) is 26.8 Å². The molecule has 0 spiro atoms. The predicted molar refractivity (Wildman–Crippen MR) is 85.8 cm³/mol. The van der Waals surface area contributed by atoms with Gasteiger partial charge >= 0.3 is 0 Å². The summed E-state index contributed by atoms with van der Waals surface area (Å²) in [7, 11) is -2.08. The van der Waals surface area contributed by atoms with Crippen molar-refractivity contribution in [3.63, 3.8) is 0 Å². The van der Waals surface area contributed by atoms with Gasteiger partial charge in [-0.1, -0.05) is 19.1 Å². The largest absolute Gasteiger partial charge is 0.397 e. The highest BCUT2D eigenvalue weighted by molar-refractivity contribution is 7.89. The van der Waals surface area contributed by atoms with Gasteiger partial charge in [0.05, 0.1) is 12.3 Å². The van der Waals surface area contributed by atoms with Crippen LogP contribution in [0.4, 0.5) is 5.69 Å². The van der Waals surface area contributed by atoms with Crippen molar-refractivity contribution in [2.24, 2.45) is 0 Å². The summed E-state index contributed by atoms with van der Waals surface area (Å²) in [6.45, 7) is 8.13. The summed E-state index contributed by atoms with van der Waals surface area (Å²) in [6.07, 6.45) is 0.730. The molecule has 0 bridgehead atoms. The first-order valence-electron chi connectivity index (χ1n) is 7.13. The molecule has 0 radical (unpaired) electrons. The minimum atomic E-state index is -3.64. The Labute approximate surface area is 128 Å². The number of aryl methyl sites for hydroxylation is 2. The lowest BCUT2D eigenvalue weighted by Crippen LogP contribution is -2.41. The van der Waals surface area contributed by atoms with Crippen LogP contribution >= 0.6 is 0 Å². The molecule has 1 aromatic carbocycles. The van der Waals surface area contributed by atoms with Crippen molar-refractivity contribution >= 4 is 15.7 Å². The van der Waals surface area contributed by atoms with Gasteiger partial charge in [0.15, 0.2) is 0 Å². The minimum Gasteiger partial charge on any atom is -0.397 e. The van der Waals surface area contributed by atoms with Gasteiger partial charge in [0.25, 0.3) is 0 Å². The molecule has 2 N–H and O–H groups in total. The highest BCUT2D eigenvalue weighted by Gasteiger charge is 2.31. The van der Waals surface area contributed by atoms with Crippen LogP contribution in [-0.4, -0.2) is 39.0 Å². The Balaban J connectivity index is 3.39. The molecule has 0 aliphatic heterocycles. The van der Waals surface area contributed by atoms with Crippen molar-refractivity contribution in [2.45, 2.75) is 45.1 Å². The Morgan fingerprint density at radius 2 is 1.86 bits per heavy atom. The first-order chi connectivity index (χ1) is 9.77. The SMILES string of the molecule is CCC(C)N(CCOC)S(=O)(=O)c1c(C)ccc(C)c1N. The van der Waals surface area contributed by atoms with Gasteiger partial charge < -0.3 is 10.5 Å². The molecule has 1 unspecified atom stereocenters. The molecule has 120 valence electrons. The monoisotopic (exact) mass is 314 g/mol. The van der Waals surface area contributed by atoms with Gasteiger partial charge in [0.1, 0.15) is 4.90 Å². The van der Waals surface area contributed by atoms with Crippen molar-refractivity contribution < 1.29 is 13.2 Å². The molecule has 6 heteroatoms. The smallest absolute Gasteiger partial charge is 0.245 e. The third-order valence-electron chi connectivity index (χ3n) is 3.78. The number of benzene rings is 1. The molecule has 5 nitrogen and oxygen atoms in total. The third kappa shape index (κ3) is 3.75. The normalized spacial score (nSPS) is 13.6. The first-order valence-corrected chi connectivity index (χ1v) is 8.57. The Bertz CT molecular complexity index is 585. The molecular formula is C15H26N2O3S. The van der Waals surface area contributed by atoms with Crippen LogP contribution in [0.15, 0.2) is 17.0 Å². The fourth-order valence-corrected chi connectivity index (χ4v) is 4.32. The zero-order valence-corrected chi connectivity index (χ0v) is 14.3. The van der Waals surface area contributed by atoms with Crippen LogP contribution in [0.2, 0.25) is 0 Å². The van der Waals surface area contributed by atoms with Gasteiger partial charge in [-0.2, -0.15) is 4.31 Å². The fourth-order valence-electron chi connectivity index (χ4n) is 2.23. The summed E-state index contributed by atoms with van der Waals surface area (Å²) in [4.78, 5) is 0.221. The van der Waals surface area contributed by atoms with Crippen LogP contribution in [0.1, 0.15) is 31.4 Å². The van der Waals surface area contributed by atoms with Gasteiger partial charge in [-0.25, -0.2) is 8.42 Å². The van der Waals surface area contributed by atoms with E-state index in [9.17, 15) is 8.42 Å². The molecular weight excluding hydrogens is 288 g/mol. The van der Waals surface area contributed by atoms with E-state index < -0.39 is 10.0 Å². The van der Waals surface area contributed by atoms with Gasteiger partial charge in [-0.05, 0) is 38.3 Å². The van der Waals surface area contributed by atoms with Crippen molar-refractivity contribution in [2.75, 3.05) is 26.0 Å². The molecule has 0 saturated heterocycles. The van der Waals surface area contributed by atoms with Gasteiger partial charge in [0.2, 0.25) is 10.0 Å². The zero-order valence-electron chi connectivity index (χ0n) is 13.5. The van der Waals surface area contributed by atoms with E-state index in [-0.39, 0.29) is 10.9 Å². The Morgan fingerprint density at radius 3 is 2.38 bits per heavy atom. The van der Waals surface area contributed by atoms with E-state index in [4.69, 9.17) is 10.5 Å². The minimum absolute atomic E-state index is 0.107. The molecule has 21 heavy (non-hydrogen) atoms. The van der Waals surface area contributed by atoms with Crippen molar-refractivity contribution in [3.05, 3.63) is 23.3 Å². The number of anilines is 1. The average Bonchev–Trinajstić information content (AvgIpc) is 2.43. The van der Waals surface area contributed by atoms with Crippen molar-refractivity contribution in [1.29, 1.82) is 0 Å². The molecule has 0 aliphatic carbocycles. The van der Waals surface area contributed by atoms with Crippen LogP contribution < -0.4 is 5.73 Å². The molecule has 0 saturated carbocycles. The van der Waals surface area contributed by atoms with E-state index in [2.05, 4.69) is 0 Å². The highest BCUT2D eigenvalue weighted by Crippen LogP contribution is 2.30. The van der Waals surface area contributed by atoms with E-state index in [1.54, 1.807) is 20.1 Å². The molecule has 1 atom stereocenters. The maximum Gasteiger partial charge on any atom is 0.245 e. The molecule has 0 fully saturated rings. The molecule has 0 aliphatic rings. The second-order valence-electron chi connectivity index (χ2n) is 5.31. The topological polar surface area (TPSA) is 72.6 Å². The number of hydrogen-bond acceptors (Lipinski definition) is 4. The number of ether oxygens (including phenoxy) is 1. The maximum absolute atomic E-state index is 13.0. The van der Waals surface area contributed by atoms with Crippen LogP contribution in [0.5, 0.6) is 0 Å². The van der Waals surface area contributed by atoms with E-state index in [0.717, 1.165) is 12.0 Å². The fraction of sp³-hybridized carbons (Fsp3) is 0.600. The van der Waals surface area contributed by atoms with E-state index in [0.29, 0.717) is 24.4 Å². The number of nitrogens with zero attached hydrogens (tertiary/aromatic N) is 1. The molecule has 0 amide bonds. The molecule has 1 rings (SSSR count). The highest BCUT2D eigenvalue weighted by atomic mass is 32.2. The summed E-state index contributed by atoms with van der Waals surface area (Å²) in [6, 6.07) is 3.53. The summed E-state index contributed by atoms with van der Waals surface area (Å²) < 4.78 is 32.6. The molecule has 0 aromatic heterocycles. The lowest BCUT2D eigenvalue weighted by molar-refractivity contribution is 0.167. The molecule has 1 aromatic rings. The van der Waals surface area contributed by atoms with Gasteiger partial charge in [-0.15, -0.1) is 0 Å². The van der Waals surface area contributed by atoms with Crippen LogP contribution in [0, 0.1) is 13.8 Å². The Kier molecular flexibility index (Phi) is 6.19. The number of rotatable bonds is 7. The van der Waals surface area contributed by atoms with Crippen LogP contribution in [0.25, 0.3) is 0 Å². The van der Waals surface area contributed by atoms with E-state index >= 15 is 0 Å². The lowest BCUT2D eigenvalue weighted by atomic mass is 10.1. The number of nitrogen functional groups attached to an aromatic ring is 1. The standard InChI is InChI=1S/C15H26N2O3S/c1-6-13(4)17(9-10-20-5)21(18,19)15-12(3)8-7-11(2)14(15)16/h7-8,13H,6,9-10,16H2,1-5H3. The van der Waals surface area contributed by atoms with Crippen LogP contribution in [0.3, 0.4) is 0 Å². The maximum atomic E-state index is 13.0. The van der Waals surface area contributed by atoms with Crippen LogP contribution in [-0.2, 0) is 14.8 Å². The Hall–Kier alpha value is -1.11.